The third kappa shape index (κ3) is 1.38. The molecular formula is C14H22O. The summed E-state index contributed by atoms with van der Waals surface area (Å²) in [7, 11) is 0. The van der Waals surface area contributed by atoms with Crippen LogP contribution >= 0.6 is 0 Å². The number of carbonyl (C=O) groups is 1. The molecule has 0 aliphatic heterocycles. The van der Waals surface area contributed by atoms with Crippen molar-refractivity contribution in [1.29, 1.82) is 0 Å². The van der Waals surface area contributed by atoms with E-state index in [-0.39, 0.29) is 5.41 Å². The number of hydrogen-bond acceptors (Lipinski definition) is 1. The molecule has 3 rings (SSSR count). The lowest BCUT2D eigenvalue weighted by Gasteiger charge is -2.33. The van der Waals surface area contributed by atoms with E-state index < -0.39 is 0 Å². The minimum absolute atomic E-state index is 0.178. The number of rotatable bonds is 0. The van der Waals surface area contributed by atoms with Crippen molar-refractivity contribution in [3.05, 3.63) is 0 Å². The van der Waals surface area contributed by atoms with Gasteiger partial charge in [-0.25, -0.2) is 0 Å². The van der Waals surface area contributed by atoms with Gasteiger partial charge >= 0.3 is 0 Å². The van der Waals surface area contributed by atoms with Crippen LogP contribution in [-0.4, -0.2) is 5.78 Å². The van der Waals surface area contributed by atoms with E-state index in [1.807, 2.05) is 0 Å². The molecule has 3 atom stereocenters. The van der Waals surface area contributed by atoms with Gasteiger partial charge in [-0.2, -0.15) is 0 Å². The van der Waals surface area contributed by atoms with E-state index in [9.17, 15) is 4.79 Å². The molecule has 3 aliphatic rings. The average molecular weight is 206 g/mol. The number of fused-ring (bicyclic) bond motifs is 1. The van der Waals surface area contributed by atoms with Crippen molar-refractivity contribution in [3.8, 4) is 0 Å². The Hall–Kier alpha value is -0.330. The standard InChI is InChI=1S/C14H22O/c15-13-11-5-1-2-9-14(13)10-4-8-12(14)7-3-6-11/h11-12H,1-10H2/t11-,12+,14-/m0/s1. The molecule has 0 aromatic heterocycles. The first kappa shape index (κ1) is 9.86. The largest absolute Gasteiger partial charge is 0.299 e. The Labute approximate surface area is 92.6 Å². The molecule has 0 saturated heterocycles. The summed E-state index contributed by atoms with van der Waals surface area (Å²) in [6.07, 6.45) is 12.8. The number of carbonyl (C=O) groups excluding carboxylic acids is 1. The molecule has 0 radical (unpaired) electrons. The predicted octanol–water partition coefficient (Wildman–Crippen LogP) is 3.72. The second kappa shape index (κ2) is 3.61. The summed E-state index contributed by atoms with van der Waals surface area (Å²) in [4.78, 5) is 12.7. The molecule has 3 fully saturated rings. The summed E-state index contributed by atoms with van der Waals surface area (Å²) in [6, 6.07) is 0. The summed E-state index contributed by atoms with van der Waals surface area (Å²) in [5.41, 5.74) is 0.178. The van der Waals surface area contributed by atoms with Crippen molar-refractivity contribution in [2.75, 3.05) is 0 Å². The minimum Gasteiger partial charge on any atom is -0.299 e. The van der Waals surface area contributed by atoms with E-state index in [0.717, 1.165) is 5.92 Å². The second-order valence-electron chi connectivity index (χ2n) is 5.98. The summed E-state index contributed by atoms with van der Waals surface area (Å²) in [5, 5.41) is 0. The van der Waals surface area contributed by atoms with Gasteiger partial charge in [-0.1, -0.05) is 25.7 Å². The summed E-state index contributed by atoms with van der Waals surface area (Å²) < 4.78 is 0. The molecule has 0 aromatic carbocycles. The molecule has 2 bridgehead atoms. The van der Waals surface area contributed by atoms with Crippen LogP contribution in [0.1, 0.15) is 64.2 Å². The van der Waals surface area contributed by atoms with Crippen molar-refractivity contribution in [1.82, 2.24) is 0 Å². The van der Waals surface area contributed by atoms with Gasteiger partial charge in [0.2, 0.25) is 0 Å². The van der Waals surface area contributed by atoms with Gasteiger partial charge in [0.15, 0.2) is 0 Å². The highest BCUT2D eigenvalue weighted by atomic mass is 16.1. The molecule has 3 aliphatic carbocycles. The molecule has 0 amide bonds. The van der Waals surface area contributed by atoms with Crippen LogP contribution in [-0.2, 0) is 4.79 Å². The van der Waals surface area contributed by atoms with E-state index in [2.05, 4.69) is 0 Å². The fourth-order valence-corrected chi connectivity index (χ4v) is 4.60. The smallest absolute Gasteiger partial charge is 0.142 e. The molecule has 0 heterocycles. The first-order chi connectivity index (χ1) is 7.33. The van der Waals surface area contributed by atoms with Gasteiger partial charge in [-0.05, 0) is 44.4 Å². The van der Waals surface area contributed by atoms with Gasteiger partial charge in [-0.3, -0.25) is 4.79 Å². The molecular weight excluding hydrogens is 184 g/mol. The van der Waals surface area contributed by atoms with Crippen LogP contribution in [0.25, 0.3) is 0 Å². The van der Waals surface area contributed by atoms with Crippen LogP contribution in [0, 0.1) is 17.3 Å². The highest BCUT2D eigenvalue weighted by molar-refractivity contribution is 5.88. The van der Waals surface area contributed by atoms with Crippen molar-refractivity contribution < 1.29 is 4.79 Å². The van der Waals surface area contributed by atoms with E-state index >= 15 is 0 Å². The molecule has 15 heavy (non-hydrogen) atoms. The van der Waals surface area contributed by atoms with Crippen LogP contribution in [0.4, 0.5) is 0 Å². The summed E-state index contributed by atoms with van der Waals surface area (Å²) in [6.45, 7) is 0. The lowest BCUT2D eigenvalue weighted by atomic mass is 9.69. The zero-order chi connectivity index (χ0) is 10.3. The Balaban J connectivity index is 1.99. The third-order valence-corrected chi connectivity index (χ3v) is 5.35. The lowest BCUT2D eigenvalue weighted by molar-refractivity contribution is -0.134. The normalized spacial score (nSPS) is 45.7. The lowest BCUT2D eigenvalue weighted by Crippen LogP contribution is -2.36. The van der Waals surface area contributed by atoms with Gasteiger partial charge in [0, 0.05) is 11.3 Å². The minimum atomic E-state index is 0.178. The van der Waals surface area contributed by atoms with Gasteiger partial charge in [0.05, 0.1) is 0 Å². The Morgan fingerprint density at radius 1 is 0.867 bits per heavy atom. The molecule has 84 valence electrons. The fraction of sp³-hybridized carbons (Fsp3) is 0.929. The van der Waals surface area contributed by atoms with Crippen LogP contribution < -0.4 is 0 Å². The molecule has 1 spiro atoms. The average Bonchev–Trinajstić information content (AvgIpc) is 2.54. The molecule has 3 saturated carbocycles. The van der Waals surface area contributed by atoms with Gasteiger partial charge < -0.3 is 0 Å². The SMILES string of the molecule is O=C1[C@H]2CCCC[C@@]13CCC[C@H]3CCC2. The highest BCUT2D eigenvalue weighted by Gasteiger charge is 2.51. The van der Waals surface area contributed by atoms with Crippen LogP contribution in [0.3, 0.4) is 0 Å². The van der Waals surface area contributed by atoms with E-state index in [4.69, 9.17) is 0 Å². The van der Waals surface area contributed by atoms with Gasteiger partial charge in [0.25, 0.3) is 0 Å². The zero-order valence-corrected chi connectivity index (χ0v) is 9.63. The van der Waals surface area contributed by atoms with Crippen LogP contribution in [0.15, 0.2) is 0 Å². The number of hydrogen-bond donors (Lipinski definition) is 0. The maximum Gasteiger partial charge on any atom is 0.142 e. The molecule has 1 heteroatoms. The summed E-state index contributed by atoms with van der Waals surface area (Å²) >= 11 is 0. The predicted molar refractivity (Wildman–Crippen MR) is 60.6 cm³/mol. The molecule has 0 aromatic rings. The third-order valence-electron chi connectivity index (χ3n) is 5.35. The van der Waals surface area contributed by atoms with E-state index in [0.29, 0.717) is 11.7 Å². The first-order valence-electron chi connectivity index (χ1n) is 6.87. The maximum absolute atomic E-state index is 12.7. The topological polar surface area (TPSA) is 17.1 Å². The highest BCUT2D eigenvalue weighted by Crippen LogP contribution is 2.55. The number of ketones is 1. The molecule has 1 nitrogen and oxygen atoms in total. The zero-order valence-electron chi connectivity index (χ0n) is 9.63. The Kier molecular flexibility index (Phi) is 2.37. The Morgan fingerprint density at radius 3 is 2.53 bits per heavy atom. The van der Waals surface area contributed by atoms with Crippen molar-refractivity contribution in [3.63, 3.8) is 0 Å². The van der Waals surface area contributed by atoms with Gasteiger partial charge in [0.1, 0.15) is 5.78 Å². The monoisotopic (exact) mass is 206 g/mol. The van der Waals surface area contributed by atoms with Crippen molar-refractivity contribution in [2.24, 2.45) is 17.3 Å². The van der Waals surface area contributed by atoms with Crippen molar-refractivity contribution >= 4 is 5.78 Å². The van der Waals surface area contributed by atoms with E-state index in [1.165, 1.54) is 64.2 Å². The Bertz CT molecular complexity index is 271. The van der Waals surface area contributed by atoms with Crippen LogP contribution in [0.2, 0.25) is 0 Å². The maximum atomic E-state index is 12.7. The first-order valence-corrected chi connectivity index (χ1v) is 6.87. The molecule has 0 N–H and O–H groups in total. The summed E-state index contributed by atoms with van der Waals surface area (Å²) in [5.74, 6) is 1.92. The molecule has 0 unspecified atom stereocenters. The van der Waals surface area contributed by atoms with Crippen LogP contribution in [0.5, 0.6) is 0 Å². The van der Waals surface area contributed by atoms with Crippen molar-refractivity contribution in [2.45, 2.75) is 64.2 Å². The quantitative estimate of drug-likeness (QED) is 0.590. The fourth-order valence-electron chi connectivity index (χ4n) is 4.60. The second-order valence-corrected chi connectivity index (χ2v) is 5.98. The van der Waals surface area contributed by atoms with E-state index in [1.54, 1.807) is 0 Å². The number of Topliss-reactive ketones (excluding diaryl/α,β-unsaturated/α-hetero) is 1. The van der Waals surface area contributed by atoms with Gasteiger partial charge in [-0.15, -0.1) is 0 Å². The Morgan fingerprint density at radius 2 is 1.60 bits per heavy atom.